The third kappa shape index (κ3) is 4.22. The highest BCUT2D eigenvalue weighted by Crippen LogP contribution is 2.25. The first kappa shape index (κ1) is 18.6. The number of carbonyl (C=O) groups is 1. The highest BCUT2D eigenvalue weighted by Gasteiger charge is 2.11. The lowest BCUT2D eigenvalue weighted by Crippen LogP contribution is -2.23. The van der Waals surface area contributed by atoms with E-state index in [1.807, 2.05) is 31.2 Å². The Morgan fingerprint density at radius 2 is 2.07 bits per heavy atom. The summed E-state index contributed by atoms with van der Waals surface area (Å²) >= 11 is 0. The van der Waals surface area contributed by atoms with E-state index in [1.165, 1.54) is 12.6 Å². The maximum Gasteiger partial charge on any atom is 0.257 e. The van der Waals surface area contributed by atoms with Gasteiger partial charge in [0.15, 0.2) is 12.2 Å². The fraction of sp³-hybridized carbons (Fsp3) is 0.143. The van der Waals surface area contributed by atoms with Crippen molar-refractivity contribution in [2.45, 2.75) is 13.0 Å². The second kappa shape index (κ2) is 8.07. The average Bonchev–Trinajstić information content (AvgIpc) is 3.28. The molecule has 0 saturated heterocycles. The molecule has 0 saturated carbocycles. The van der Waals surface area contributed by atoms with Crippen LogP contribution in [0.15, 0.2) is 65.8 Å². The number of nitrogens with zero attached hydrogens (tertiary/aromatic N) is 3. The molecule has 0 bridgehead atoms. The third-order valence-corrected chi connectivity index (χ3v) is 4.33. The van der Waals surface area contributed by atoms with E-state index in [9.17, 15) is 4.79 Å². The molecule has 3 aromatic heterocycles. The molecule has 1 atom stereocenters. The Balaban J connectivity index is 1.55. The number of anilines is 1. The second-order valence-electron chi connectivity index (χ2n) is 6.50. The number of hydrogen-bond donors (Lipinski definition) is 2. The first-order valence-electron chi connectivity index (χ1n) is 9.05. The van der Waals surface area contributed by atoms with E-state index in [4.69, 9.17) is 14.9 Å². The number of pyridine rings is 2. The minimum absolute atomic E-state index is 0.193. The van der Waals surface area contributed by atoms with Crippen LogP contribution in [-0.2, 0) is 0 Å². The normalized spacial score (nSPS) is 11.9. The van der Waals surface area contributed by atoms with E-state index in [0.717, 1.165) is 16.3 Å². The van der Waals surface area contributed by atoms with Crippen LogP contribution in [0.5, 0.6) is 5.88 Å². The zero-order valence-corrected chi connectivity index (χ0v) is 15.7. The number of ether oxygens (including phenoxy) is 1. The number of aromatic nitrogens is 3. The van der Waals surface area contributed by atoms with Crippen LogP contribution in [0.4, 0.5) is 5.82 Å². The quantitative estimate of drug-likeness (QED) is 0.520. The van der Waals surface area contributed by atoms with Crippen LogP contribution in [0.25, 0.3) is 22.1 Å². The fourth-order valence-corrected chi connectivity index (χ4v) is 2.78. The van der Waals surface area contributed by atoms with Gasteiger partial charge in [0.1, 0.15) is 11.9 Å². The molecule has 8 heteroatoms. The zero-order chi connectivity index (χ0) is 20.2. The van der Waals surface area contributed by atoms with Gasteiger partial charge >= 0.3 is 0 Å². The van der Waals surface area contributed by atoms with Crippen molar-refractivity contribution in [3.63, 3.8) is 0 Å². The number of hydrogen-bond acceptors (Lipinski definition) is 7. The largest absolute Gasteiger partial charge is 0.473 e. The summed E-state index contributed by atoms with van der Waals surface area (Å²) in [5.41, 5.74) is 6.86. The minimum Gasteiger partial charge on any atom is -0.473 e. The van der Waals surface area contributed by atoms with Crippen LogP contribution in [-0.4, -0.2) is 33.5 Å². The first-order valence-corrected chi connectivity index (χ1v) is 9.05. The zero-order valence-electron chi connectivity index (χ0n) is 15.7. The molecule has 146 valence electrons. The molecule has 1 amide bonds. The predicted molar refractivity (Wildman–Crippen MR) is 109 cm³/mol. The Morgan fingerprint density at radius 3 is 2.86 bits per heavy atom. The summed E-state index contributed by atoms with van der Waals surface area (Å²) in [5.74, 6) is 1.15. The number of rotatable bonds is 6. The van der Waals surface area contributed by atoms with E-state index in [0.29, 0.717) is 29.6 Å². The number of carbonyl (C=O) groups excluding carboxylic acids is 1. The maximum absolute atomic E-state index is 12.6. The molecule has 0 fully saturated rings. The lowest BCUT2D eigenvalue weighted by atomic mass is 10.1. The van der Waals surface area contributed by atoms with Gasteiger partial charge in [0.25, 0.3) is 5.91 Å². The summed E-state index contributed by atoms with van der Waals surface area (Å²) in [6.45, 7) is 2.19. The highest BCUT2D eigenvalue weighted by molar-refractivity contribution is 6.04. The molecule has 29 heavy (non-hydrogen) atoms. The molecule has 3 N–H and O–H groups in total. The summed E-state index contributed by atoms with van der Waals surface area (Å²) in [4.78, 5) is 25.0. The lowest BCUT2D eigenvalue weighted by Gasteiger charge is -2.12. The number of oxazole rings is 1. The number of fused-ring (bicyclic) bond motifs is 1. The van der Waals surface area contributed by atoms with Crippen molar-refractivity contribution in [1.82, 2.24) is 15.0 Å². The van der Waals surface area contributed by atoms with Crippen LogP contribution in [0.1, 0.15) is 17.3 Å². The summed E-state index contributed by atoms with van der Waals surface area (Å²) < 4.78 is 10.9. The molecular weight excluding hydrogens is 370 g/mol. The van der Waals surface area contributed by atoms with Gasteiger partial charge in [-0.05, 0) is 30.5 Å². The van der Waals surface area contributed by atoms with Gasteiger partial charge in [0.2, 0.25) is 5.88 Å². The van der Waals surface area contributed by atoms with Gasteiger partial charge < -0.3 is 20.2 Å². The Bertz CT molecular complexity index is 1140. The van der Waals surface area contributed by atoms with Crippen molar-refractivity contribution >= 4 is 22.5 Å². The predicted octanol–water partition coefficient (Wildman–Crippen LogP) is 3.26. The van der Waals surface area contributed by atoms with Crippen LogP contribution in [0.3, 0.4) is 0 Å². The van der Waals surface area contributed by atoms with E-state index in [1.54, 1.807) is 24.5 Å². The van der Waals surface area contributed by atoms with E-state index >= 15 is 0 Å². The molecule has 3 heterocycles. The Kier molecular flexibility index (Phi) is 5.17. The van der Waals surface area contributed by atoms with Crippen molar-refractivity contribution in [2.75, 3.05) is 11.9 Å². The lowest BCUT2D eigenvalue weighted by molar-refractivity contribution is 0.102. The SMILES string of the molecule is CC(CN)Oc1cc(C(=O)Nc2cc3cc(-c4cnco4)ccc3cn2)ccn1. The van der Waals surface area contributed by atoms with Gasteiger partial charge in [-0.25, -0.2) is 15.0 Å². The molecule has 0 aliphatic heterocycles. The molecule has 1 aromatic carbocycles. The molecular formula is C21H19N5O3. The second-order valence-corrected chi connectivity index (χ2v) is 6.50. The number of amides is 1. The standard InChI is InChI=1S/C21H19N5O3/c1-13(9-22)29-20-8-15(4-5-24-20)21(27)26-19-7-17-6-14(18-11-23-12-28-18)2-3-16(17)10-25-19/h2-8,10-13H,9,22H2,1H3,(H,25,26,27). The Hall–Kier alpha value is -3.78. The van der Waals surface area contributed by atoms with Gasteiger partial charge in [0, 0.05) is 41.5 Å². The molecule has 0 aliphatic rings. The minimum atomic E-state index is -0.309. The Morgan fingerprint density at radius 1 is 1.17 bits per heavy atom. The number of nitrogens with one attached hydrogen (secondary N) is 1. The maximum atomic E-state index is 12.6. The average molecular weight is 389 g/mol. The van der Waals surface area contributed by atoms with Gasteiger partial charge in [-0.3, -0.25) is 4.79 Å². The molecule has 4 aromatic rings. The number of benzene rings is 1. The molecule has 8 nitrogen and oxygen atoms in total. The van der Waals surface area contributed by atoms with Gasteiger partial charge in [0.05, 0.1) is 6.20 Å². The summed E-state index contributed by atoms with van der Waals surface area (Å²) in [6.07, 6.45) is 6.07. The fourth-order valence-electron chi connectivity index (χ4n) is 2.78. The van der Waals surface area contributed by atoms with Crippen molar-refractivity contribution in [3.8, 4) is 17.2 Å². The topological polar surface area (TPSA) is 116 Å². The van der Waals surface area contributed by atoms with Crippen molar-refractivity contribution in [1.29, 1.82) is 0 Å². The van der Waals surface area contributed by atoms with Crippen LogP contribution >= 0.6 is 0 Å². The molecule has 0 radical (unpaired) electrons. The van der Waals surface area contributed by atoms with Crippen LogP contribution < -0.4 is 15.8 Å². The van der Waals surface area contributed by atoms with Crippen molar-refractivity contribution in [3.05, 3.63) is 66.9 Å². The third-order valence-electron chi connectivity index (χ3n) is 4.33. The van der Waals surface area contributed by atoms with Crippen LogP contribution in [0.2, 0.25) is 0 Å². The van der Waals surface area contributed by atoms with Crippen molar-refractivity contribution in [2.24, 2.45) is 5.73 Å². The Labute approximate surface area is 166 Å². The van der Waals surface area contributed by atoms with E-state index < -0.39 is 0 Å². The summed E-state index contributed by atoms with van der Waals surface area (Å²) in [5, 5.41) is 4.67. The molecule has 0 aliphatic carbocycles. The van der Waals surface area contributed by atoms with Crippen LogP contribution in [0, 0.1) is 0 Å². The number of nitrogens with two attached hydrogens (primary N) is 1. The van der Waals surface area contributed by atoms with E-state index in [2.05, 4.69) is 20.3 Å². The van der Waals surface area contributed by atoms with Gasteiger partial charge in [-0.15, -0.1) is 0 Å². The smallest absolute Gasteiger partial charge is 0.257 e. The van der Waals surface area contributed by atoms with Gasteiger partial charge in [-0.2, -0.15) is 0 Å². The van der Waals surface area contributed by atoms with Crippen molar-refractivity contribution < 1.29 is 13.9 Å². The first-order chi connectivity index (χ1) is 14.1. The highest BCUT2D eigenvalue weighted by atomic mass is 16.5. The monoisotopic (exact) mass is 389 g/mol. The summed E-state index contributed by atoms with van der Waals surface area (Å²) in [6, 6.07) is 10.8. The summed E-state index contributed by atoms with van der Waals surface area (Å²) in [7, 11) is 0. The molecule has 0 spiro atoms. The van der Waals surface area contributed by atoms with E-state index in [-0.39, 0.29) is 12.0 Å². The molecule has 4 rings (SSSR count). The molecule has 1 unspecified atom stereocenters. The van der Waals surface area contributed by atoms with Gasteiger partial charge in [-0.1, -0.05) is 12.1 Å².